The zero-order valence-electron chi connectivity index (χ0n) is 9.62. The molecule has 17 heavy (non-hydrogen) atoms. The van der Waals surface area contributed by atoms with E-state index in [4.69, 9.17) is 0 Å². The number of aliphatic hydroxyl groups excluding tert-OH is 1. The van der Waals surface area contributed by atoms with Crippen molar-refractivity contribution in [3.63, 3.8) is 0 Å². The van der Waals surface area contributed by atoms with Crippen LogP contribution >= 0.6 is 31.9 Å². The summed E-state index contributed by atoms with van der Waals surface area (Å²) in [7, 11) is 0. The molecular weight excluding hydrogens is 352 g/mol. The number of nitrogens with one attached hydrogen (secondary N) is 1. The lowest BCUT2D eigenvalue weighted by Gasteiger charge is -2.13. The van der Waals surface area contributed by atoms with Crippen LogP contribution in [0.15, 0.2) is 26.0 Å². The molecule has 2 N–H and O–H groups in total. The molecule has 96 valence electrons. The average molecular weight is 368 g/mol. The van der Waals surface area contributed by atoms with E-state index in [1.54, 1.807) is 12.3 Å². The normalized spacial score (nSPS) is 12.7. The topological polar surface area (TPSA) is 54.3 Å². The van der Waals surface area contributed by atoms with Crippen molar-refractivity contribution < 1.29 is 5.11 Å². The second-order valence-electron chi connectivity index (χ2n) is 3.82. The molecule has 0 bridgehead atoms. The number of hydrogen-bond donors (Lipinski definition) is 2. The molecule has 4 nitrogen and oxygen atoms in total. The van der Waals surface area contributed by atoms with E-state index >= 15 is 0 Å². The third kappa shape index (κ3) is 4.91. The van der Waals surface area contributed by atoms with E-state index in [9.17, 15) is 9.90 Å². The van der Waals surface area contributed by atoms with Crippen molar-refractivity contribution in [3.05, 3.63) is 31.6 Å². The van der Waals surface area contributed by atoms with Crippen LogP contribution in [0, 0.1) is 0 Å². The smallest absolute Gasteiger partial charge is 0.264 e. The highest BCUT2D eigenvalue weighted by Crippen LogP contribution is 2.12. The molecule has 0 amide bonds. The van der Waals surface area contributed by atoms with Crippen molar-refractivity contribution in [3.8, 4) is 0 Å². The van der Waals surface area contributed by atoms with Crippen LogP contribution in [0.3, 0.4) is 0 Å². The molecule has 0 aliphatic carbocycles. The first-order chi connectivity index (χ1) is 8.04. The van der Waals surface area contributed by atoms with Gasteiger partial charge >= 0.3 is 0 Å². The standard InChI is InChI=1S/C11H16Br2N2O2/c1-2-3-14-5-9(16)7-15-6-8(12)4-10(13)11(15)17/h4,6,9,14,16H,2-3,5,7H2,1H3. The maximum absolute atomic E-state index is 11.8. The van der Waals surface area contributed by atoms with E-state index < -0.39 is 6.10 Å². The highest BCUT2D eigenvalue weighted by atomic mass is 79.9. The maximum Gasteiger partial charge on any atom is 0.264 e. The Balaban J connectivity index is 2.65. The van der Waals surface area contributed by atoms with Crippen molar-refractivity contribution in [2.75, 3.05) is 13.1 Å². The van der Waals surface area contributed by atoms with Crippen molar-refractivity contribution >= 4 is 31.9 Å². The Labute approximate surface area is 117 Å². The Morgan fingerprint density at radius 3 is 2.88 bits per heavy atom. The molecule has 0 saturated heterocycles. The van der Waals surface area contributed by atoms with Gasteiger partial charge in [0.05, 0.1) is 17.1 Å². The Hall–Kier alpha value is -0.170. The number of pyridine rings is 1. The molecule has 0 aliphatic rings. The van der Waals surface area contributed by atoms with Crippen molar-refractivity contribution in [2.24, 2.45) is 0 Å². The molecule has 0 aromatic carbocycles. The van der Waals surface area contributed by atoms with Crippen molar-refractivity contribution in [1.82, 2.24) is 9.88 Å². The van der Waals surface area contributed by atoms with Crippen LogP contribution < -0.4 is 10.9 Å². The van der Waals surface area contributed by atoms with Crippen molar-refractivity contribution in [1.29, 1.82) is 0 Å². The molecule has 0 saturated carbocycles. The van der Waals surface area contributed by atoms with Gasteiger partial charge in [-0.15, -0.1) is 0 Å². The minimum Gasteiger partial charge on any atom is -0.390 e. The second kappa shape index (κ2) is 7.31. The van der Waals surface area contributed by atoms with Gasteiger partial charge in [0.2, 0.25) is 0 Å². The van der Waals surface area contributed by atoms with Crippen LogP contribution in [-0.2, 0) is 6.54 Å². The van der Waals surface area contributed by atoms with Gasteiger partial charge in [0.25, 0.3) is 5.56 Å². The zero-order chi connectivity index (χ0) is 12.8. The molecule has 0 fully saturated rings. The summed E-state index contributed by atoms with van der Waals surface area (Å²) in [5.74, 6) is 0. The molecule has 1 rings (SSSR count). The van der Waals surface area contributed by atoms with E-state index in [1.807, 2.05) is 0 Å². The van der Waals surface area contributed by atoms with Gasteiger partial charge in [-0.2, -0.15) is 0 Å². The summed E-state index contributed by atoms with van der Waals surface area (Å²) in [6.07, 6.45) is 2.13. The Morgan fingerprint density at radius 2 is 2.24 bits per heavy atom. The van der Waals surface area contributed by atoms with E-state index in [1.165, 1.54) is 4.57 Å². The van der Waals surface area contributed by atoms with Crippen LogP contribution in [-0.4, -0.2) is 28.9 Å². The zero-order valence-corrected chi connectivity index (χ0v) is 12.8. The molecule has 0 radical (unpaired) electrons. The van der Waals surface area contributed by atoms with Gasteiger partial charge in [-0.3, -0.25) is 4.79 Å². The van der Waals surface area contributed by atoms with Crippen LogP contribution in [0.25, 0.3) is 0 Å². The number of halogens is 2. The predicted molar refractivity (Wildman–Crippen MR) is 75.3 cm³/mol. The van der Waals surface area contributed by atoms with Gasteiger partial charge in [0, 0.05) is 17.2 Å². The summed E-state index contributed by atoms with van der Waals surface area (Å²) in [4.78, 5) is 11.8. The summed E-state index contributed by atoms with van der Waals surface area (Å²) in [6.45, 7) is 3.71. The van der Waals surface area contributed by atoms with Gasteiger partial charge in [-0.25, -0.2) is 0 Å². The Kier molecular flexibility index (Phi) is 6.40. The van der Waals surface area contributed by atoms with Gasteiger partial charge in [-0.1, -0.05) is 6.92 Å². The number of rotatable bonds is 6. The van der Waals surface area contributed by atoms with Crippen molar-refractivity contribution in [2.45, 2.75) is 26.0 Å². The third-order valence-corrected chi connectivity index (χ3v) is 3.22. The molecule has 0 aliphatic heterocycles. The lowest BCUT2D eigenvalue weighted by molar-refractivity contribution is 0.150. The molecule has 1 unspecified atom stereocenters. The van der Waals surface area contributed by atoms with Crippen LogP contribution in [0.4, 0.5) is 0 Å². The highest BCUT2D eigenvalue weighted by Gasteiger charge is 2.08. The lowest BCUT2D eigenvalue weighted by Crippen LogP contribution is -2.34. The fraction of sp³-hybridized carbons (Fsp3) is 0.545. The summed E-state index contributed by atoms with van der Waals surface area (Å²) in [5.41, 5.74) is -0.136. The van der Waals surface area contributed by atoms with Gasteiger partial charge in [-0.05, 0) is 50.9 Å². The molecule has 0 spiro atoms. The van der Waals surface area contributed by atoms with E-state index in [0.29, 0.717) is 11.0 Å². The molecule has 1 atom stereocenters. The molecule has 1 aromatic rings. The van der Waals surface area contributed by atoms with Crippen LogP contribution in [0.1, 0.15) is 13.3 Å². The molecule has 1 heterocycles. The molecule has 6 heteroatoms. The second-order valence-corrected chi connectivity index (χ2v) is 5.59. The first kappa shape index (κ1) is 14.9. The number of nitrogens with zero attached hydrogens (tertiary/aromatic N) is 1. The number of hydrogen-bond acceptors (Lipinski definition) is 3. The van der Waals surface area contributed by atoms with Gasteiger partial charge in [0.15, 0.2) is 0 Å². The summed E-state index contributed by atoms with van der Waals surface area (Å²) in [5, 5.41) is 12.9. The summed E-state index contributed by atoms with van der Waals surface area (Å²) in [6, 6.07) is 1.69. The monoisotopic (exact) mass is 366 g/mol. The van der Waals surface area contributed by atoms with E-state index in [2.05, 4.69) is 44.1 Å². The molecular formula is C11H16Br2N2O2. The quantitative estimate of drug-likeness (QED) is 0.753. The summed E-state index contributed by atoms with van der Waals surface area (Å²) >= 11 is 6.50. The largest absolute Gasteiger partial charge is 0.390 e. The first-order valence-corrected chi connectivity index (χ1v) is 7.07. The number of aromatic nitrogens is 1. The van der Waals surface area contributed by atoms with Gasteiger partial charge < -0.3 is 15.0 Å². The Morgan fingerprint density at radius 1 is 1.53 bits per heavy atom. The Bertz CT molecular complexity index is 420. The fourth-order valence-electron chi connectivity index (χ4n) is 1.44. The SMILES string of the molecule is CCCNCC(O)Cn1cc(Br)cc(Br)c1=O. The first-order valence-electron chi connectivity index (χ1n) is 5.49. The average Bonchev–Trinajstić information content (AvgIpc) is 2.25. The van der Waals surface area contributed by atoms with Crippen LogP contribution in [0.5, 0.6) is 0 Å². The predicted octanol–water partition coefficient (Wildman–Crippen LogP) is 1.73. The maximum atomic E-state index is 11.8. The van der Waals surface area contributed by atoms with E-state index in [-0.39, 0.29) is 12.1 Å². The lowest BCUT2D eigenvalue weighted by atomic mass is 10.3. The fourth-order valence-corrected chi connectivity index (χ4v) is 2.70. The third-order valence-electron chi connectivity index (χ3n) is 2.22. The van der Waals surface area contributed by atoms with Crippen LogP contribution in [0.2, 0.25) is 0 Å². The minimum absolute atomic E-state index is 0.136. The minimum atomic E-state index is -0.569. The highest BCUT2D eigenvalue weighted by molar-refractivity contribution is 9.11. The van der Waals surface area contributed by atoms with Gasteiger partial charge in [0.1, 0.15) is 0 Å². The van der Waals surface area contributed by atoms with E-state index in [0.717, 1.165) is 17.4 Å². The molecule has 1 aromatic heterocycles. The summed E-state index contributed by atoms with van der Waals surface area (Å²) < 4.78 is 2.78. The number of aliphatic hydroxyl groups is 1.